The molecule has 2 rings (SSSR count). The molecule has 2 aromatic rings. The summed E-state index contributed by atoms with van der Waals surface area (Å²) in [5, 5.41) is 11.0. The first-order valence-electron chi connectivity index (χ1n) is 4.48. The number of hydrogen-bond acceptors (Lipinski definition) is 5. The maximum atomic E-state index is 10.6. The Balaban J connectivity index is 2.39. The van der Waals surface area contributed by atoms with Gasteiger partial charge in [0.2, 0.25) is 0 Å². The summed E-state index contributed by atoms with van der Waals surface area (Å²) in [7, 11) is 0. The van der Waals surface area contributed by atoms with Gasteiger partial charge >= 0.3 is 0 Å². The fourth-order valence-electron chi connectivity index (χ4n) is 1.24. The van der Waals surface area contributed by atoms with Crippen LogP contribution in [0.4, 0.5) is 5.69 Å². The number of carbonyl (C=O) groups is 1. The quantitative estimate of drug-likeness (QED) is 0.487. The van der Waals surface area contributed by atoms with Crippen molar-refractivity contribution in [3.05, 3.63) is 44.4 Å². The van der Waals surface area contributed by atoms with E-state index in [-0.39, 0.29) is 11.4 Å². The third kappa shape index (κ3) is 2.32. The third-order valence-corrected chi connectivity index (χ3v) is 3.38. The Bertz CT molecular complexity index is 580. The number of nitro groups is 1. The molecule has 0 amide bonds. The lowest BCUT2D eigenvalue weighted by molar-refractivity contribution is -0.384. The van der Waals surface area contributed by atoms with Crippen LogP contribution < -0.4 is 0 Å². The summed E-state index contributed by atoms with van der Waals surface area (Å²) in [6, 6.07) is 5.90. The first-order chi connectivity index (χ1) is 8.11. The van der Waals surface area contributed by atoms with Crippen molar-refractivity contribution in [2.75, 3.05) is 0 Å². The van der Waals surface area contributed by atoms with Crippen LogP contribution in [-0.2, 0) is 0 Å². The Morgan fingerprint density at radius 1 is 1.35 bits per heavy atom. The van der Waals surface area contributed by atoms with Gasteiger partial charge < -0.3 is 0 Å². The van der Waals surface area contributed by atoms with Crippen molar-refractivity contribution in [3.8, 4) is 10.6 Å². The number of thiazole rings is 1. The summed E-state index contributed by atoms with van der Waals surface area (Å²) < 4.78 is 0.313. The number of hydrogen-bond donors (Lipinski definition) is 0. The predicted molar refractivity (Wildman–Crippen MR) is 64.6 cm³/mol. The van der Waals surface area contributed by atoms with Crippen molar-refractivity contribution in [2.45, 2.75) is 0 Å². The highest BCUT2D eigenvalue weighted by molar-refractivity contribution is 7.19. The van der Waals surface area contributed by atoms with Gasteiger partial charge in [-0.1, -0.05) is 11.6 Å². The molecule has 0 aliphatic heterocycles. The van der Waals surface area contributed by atoms with Crippen LogP contribution in [0.3, 0.4) is 0 Å². The van der Waals surface area contributed by atoms with Crippen molar-refractivity contribution in [1.82, 2.24) is 4.98 Å². The van der Waals surface area contributed by atoms with Gasteiger partial charge in [-0.25, -0.2) is 4.98 Å². The van der Waals surface area contributed by atoms with Crippen molar-refractivity contribution in [1.29, 1.82) is 0 Å². The number of aromatic nitrogens is 1. The molecule has 1 aromatic carbocycles. The van der Waals surface area contributed by atoms with Crippen molar-refractivity contribution < 1.29 is 9.72 Å². The van der Waals surface area contributed by atoms with Crippen molar-refractivity contribution >= 4 is 34.9 Å². The standard InChI is InChI=1S/C10H5ClN2O3S/c11-9-8(5-14)12-10(17-9)6-1-3-7(4-2-6)13(15)16/h1-5H. The minimum atomic E-state index is -0.477. The lowest BCUT2D eigenvalue weighted by Gasteiger charge is -1.95. The molecule has 0 bridgehead atoms. The van der Waals surface area contributed by atoms with Gasteiger partial charge in [-0.05, 0) is 12.1 Å². The summed E-state index contributed by atoms with van der Waals surface area (Å²) in [5.74, 6) is 0. The molecule has 1 aromatic heterocycles. The number of aldehydes is 1. The smallest absolute Gasteiger partial charge is 0.269 e. The molecule has 1 heterocycles. The van der Waals surface area contributed by atoms with Gasteiger partial charge in [-0.15, -0.1) is 11.3 Å². The average molecular weight is 269 g/mol. The van der Waals surface area contributed by atoms with Crippen LogP contribution in [0, 0.1) is 10.1 Å². The molecule has 0 aliphatic rings. The number of carbonyl (C=O) groups excluding carboxylic acids is 1. The molecular weight excluding hydrogens is 264 g/mol. The summed E-state index contributed by atoms with van der Waals surface area (Å²) in [4.78, 5) is 24.6. The molecule has 0 aliphatic carbocycles. The molecule has 0 atom stereocenters. The topological polar surface area (TPSA) is 73.1 Å². The lowest BCUT2D eigenvalue weighted by atomic mass is 10.2. The molecule has 0 fully saturated rings. The summed E-state index contributed by atoms with van der Waals surface area (Å²) in [6.45, 7) is 0. The second kappa shape index (κ2) is 4.60. The first-order valence-corrected chi connectivity index (χ1v) is 5.67. The van der Waals surface area contributed by atoms with E-state index in [2.05, 4.69) is 4.98 Å². The number of nitro benzene ring substituents is 1. The minimum absolute atomic E-state index is 0.00649. The largest absolute Gasteiger partial charge is 0.296 e. The van der Waals surface area contributed by atoms with Gasteiger partial charge in [0.05, 0.1) is 4.92 Å². The van der Waals surface area contributed by atoms with Gasteiger partial charge in [0.25, 0.3) is 5.69 Å². The van der Waals surface area contributed by atoms with E-state index in [1.807, 2.05) is 0 Å². The summed E-state index contributed by atoms with van der Waals surface area (Å²) >= 11 is 6.95. The molecular formula is C10H5ClN2O3S. The third-order valence-electron chi connectivity index (χ3n) is 2.05. The molecule has 17 heavy (non-hydrogen) atoms. The monoisotopic (exact) mass is 268 g/mol. The van der Waals surface area contributed by atoms with Gasteiger partial charge in [0.1, 0.15) is 15.0 Å². The maximum Gasteiger partial charge on any atom is 0.269 e. The number of benzene rings is 1. The van der Waals surface area contributed by atoms with Gasteiger partial charge in [-0.2, -0.15) is 0 Å². The van der Waals surface area contributed by atoms with Gasteiger partial charge in [0.15, 0.2) is 6.29 Å². The zero-order valence-electron chi connectivity index (χ0n) is 8.29. The van der Waals surface area contributed by atoms with Crippen LogP contribution in [0.5, 0.6) is 0 Å². The van der Waals surface area contributed by atoms with Crippen molar-refractivity contribution in [3.63, 3.8) is 0 Å². The molecule has 0 saturated heterocycles. The molecule has 0 unspecified atom stereocenters. The number of halogens is 1. The molecule has 5 nitrogen and oxygen atoms in total. The van der Waals surface area contributed by atoms with E-state index in [0.717, 1.165) is 11.3 Å². The molecule has 86 valence electrons. The second-order valence-corrected chi connectivity index (χ2v) is 4.70. The highest BCUT2D eigenvalue weighted by atomic mass is 35.5. The second-order valence-electron chi connectivity index (χ2n) is 3.10. The number of nitrogens with zero attached hydrogens (tertiary/aromatic N) is 2. The van der Waals surface area contributed by atoms with Crippen LogP contribution >= 0.6 is 22.9 Å². The zero-order chi connectivity index (χ0) is 12.4. The first kappa shape index (κ1) is 11.7. The molecule has 0 N–H and O–H groups in total. The Labute approximate surface area is 105 Å². The Hall–Kier alpha value is -1.79. The van der Waals surface area contributed by atoms with E-state index >= 15 is 0 Å². The maximum absolute atomic E-state index is 10.6. The van der Waals surface area contributed by atoms with Gasteiger partial charge in [0, 0.05) is 17.7 Å². The lowest BCUT2D eigenvalue weighted by Crippen LogP contribution is -1.87. The van der Waals surface area contributed by atoms with E-state index in [1.54, 1.807) is 12.1 Å². The highest BCUT2D eigenvalue weighted by Gasteiger charge is 2.11. The molecule has 0 saturated carbocycles. The van der Waals surface area contributed by atoms with Crippen LogP contribution in [0.25, 0.3) is 10.6 Å². The predicted octanol–water partition coefficient (Wildman–Crippen LogP) is 3.18. The van der Waals surface area contributed by atoms with Gasteiger partial charge in [-0.3, -0.25) is 14.9 Å². The van der Waals surface area contributed by atoms with E-state index in [4.69, 9.17) is 11.6 Å². The molecule has 0 spiro atoms. The zero-order valence-corrected chi connectivity index (χ0v) is 9.86. The number of rotatable bonds is 3. The van der Waals surface area contributed by atoms with E-state index in [1.165, 1.54) is 12.1 Å². The van der Waals surface area contributed by atoms with E-state index in [9.17, 15) is 14.9 Å². The number of non-ortho nitro benzene ring substituents is 1. The van der Waals surface area contributed by atoms with Crippen LogP contribution in [0.1, 0.15) is 10.5 Å². The Kier molecular flexibility index (Phi) is 3.16. The van der Waals surface area contributed by atoms with Crippen LogP contribution in [-0.4, -0.2) is 16.2 Å². The molecule has 7 heteroatoms. The summed E-state index contributed by atoms with van der Waals surface area (Å²) in [5.41, 5.74) is 0.882. The summed E-state index contributed by atoms with van der Waals surface area (Å²) in [6.07, 6.45) is 0.577. The van der Waals surface area contributed by atoms with Crippen LogP contribution in [0.2, 0.25) is 4.34 Å². The Morgan fingerprint density at radius 3 is 2.47 bits per heavy atom. The fourth-order valence-corrected chi connectivity index (χ4v) is 2.31. The van der Waals surface area contributed by atoms with E-state index < -0.39 is 4.92 Å². The normalized spacial score (nSPS) is 10.2. The fraction of sp³-hybridized carbons (Fsp3) is 0. The van der Waals surface area contributed by atoms with E-state index in [0.29, 0.717) is 21.2 Å². The van der Waals surface area contributed by atoms with Crippen molar-refractivity contribution in [2.24, 2.45) is 0 Å². The minimum Gasteiger partial charge on any atom is -0.296 e. The molecule has 0 radical (unpaired) electrons. The van der Waals surface area contributed by atoms with Crippen LogP contribution in [0.15, 0.2) is 24.3 Å². The highest BCUT2D eigenvalue weighted by Crippen LogP contribution is 2.31. The average Bonchev–Trinajstić information content (AvgIpc) is 2.70. The Morgan fingerprint density at radius 2 is 2.00 bits per heavy atom. The SMILES string of the molecule is O=Cc1nc(-c2ccc([N+](=O)[O-])cc2)sc1Cl.